The molecule has 0 aliphatic heterocycles. The van der Waals surface area contributed by atoms with Crippen molar-refractivity contribution in [1.82, 2.24) is 10.9 Å². The summed E-state index contributed by atoms with van der Waals surface area (Å²) in [5, 5.41) is 8.96. The van der Waals surface area contributed by atoms with Gasteiger partial charge in [0.1, 0.15) is 17.6 Å². The first kappa shape index (κ1) is 20.0. The lowest BCUT2D eigenvalue weighted by Crippen LogP contribution is -2.43. The average molecular weight is 430 g/mol. The lowest BCUT2D eigenvalue weighted by atomic mass is 10.2. The summed E-state index contributed by atoms with van der Waals surface area (Å²) in [6.45, 7) is -0.345. The Balaban J connectivity index is 1.84. The molecule has 8 heteroatoms. The summed E-state index contributed by atoms with van der Waals surface area (Å²) in [6.07, 6.45) is 2.82. The van der Waals surface area contributed by atoms with Gasteiger partial charge >= 0.3 is 0 Å². The highest BCUT2D eigenvalue weighted by Crippen LogP contribution is 2.24. The van der Waals surface area contributed by atoms with E-state index in [1.54, 1.807) is 42.5 Å². The van der Waals surface area contributed by atoms with E-state index in [0.717, 1.165) is 4.47 Å². The zero-order valence-electron chi connectivity index (χ0n) is 14.4. The van der Waals surface area contributed by atoms with Crippen LogP contribution in [0.4, 0.5) is 0 Å². The Morgan fingerprint density at radius 2 is 1.96 bits per heavy atom. The number of hydrazine groups is 1. The second-order valence-corrected chi connectivity index (χ2v) is 6.07. The van der Waals surface area contributed by atoms with Gasteiger partial charge in [0.05, 0.1) is 12.7 Å². The third-order valence-electron chi connectivity index (χ3n) is 3.30. The molecule has 0 aliphatic carbocycles. The van der Waals surface area contributed by atoms with Gasteiger partial charge in [-0.15, -0.1) is 0 Å². The number of ether oxygens (including phenoxy) is 2. The summed E-state index contributed by atoms with van der Waals surface area (Å²) in [5.41, 5.74) is 5.49. The fourth-order valence-electron chi connectivity index (χ4n) is 2.04. The van der Waals surface area contributed by atoms with Gasteiger partial charge in [0.25, 0.3) is 11.8 Å². The molecule has 0 aromatic heterocycles. The molecule has 0 bridgehead atoms. The molecule has 0 aliphatic rings. The normalized spacial score (nSPS) is 10.1. The summed E-state index contributed by atoms with van der Waals surface area (Å²) in [5.74, 6) is -0.189. The number of rotatable bonds is 6. The van der Waals surface area contributed by atoms with Crippen molar-refractivity contribution < 1.29 is 19.1 Å². The summed E-state index contributed by atoms with van der Waals surface area (Å²) in [6, 6.07) is 13.9. The molecular formula is C19H16BrN3O4. The van der Waals surface area contributed by atoms with Crippen molar-refractivity contribution in [3.63, 3.8) is 0 Å². The number of amides is 2. The van der Waals surface area contributed by atoms with Gasteiger partial charge in [-0.05, 0) is 36.4 Å². The van der Waals surface area contributed by atoms with Crippen LogP contribution in [0.15, 0.2) is 53.0 Å². The van der Waals surface area contributed by atoms with E-state index in [-0.39, 0.29) is 6.61 Å². The second-order valence-electron chi connectivity index (χ2n) is 5.15. The van der Waals surface area contributed by atoms with Crippen LogP contribution >= 0.6 is 15.9 Å². The van der Waals surface area contributed by atoms with Gasteiger partial charge in [-0.1, -0.05) is 28.1 Å². The number of nitriles is 1. The number of halogens is 1. The molecular weight excluding hydrogens is 414 g/mol. The van der Waals surface area contributed by atoms with Crippen LogP contribution in [-0.2, 0) is 9.59 Å². The quantitative estimate of drug-likeness (QED) is 0.542. The highest BCUT2D eigenvalue weighted by Gasteiger charge is 2.07. The Morgan fingerprint density at radius 1 is 1.19 bits per heavy atom. The monoisotopic (exact) mass is 429 g/mol. The Kier molecular flexibility index (Phi) is 7.40. The molecule has 138 valence electrons. The van der Waals surface area contributed by atoms with Crippen molar-refractivity contribution in [3.8, 4) is 17.6 Å². The number of hydrogen-bond acceptors (Lipinski definition) is 5. The van der Waals surface area contributed by atoms with Gasteiger partial charge in [-0.2, -0.15) is 5.26 Å². The first-order chi connectivity index (χ1) is 13.0. The van der Waals surface area contributed by atoms with Gasteiger partial charge in [0.15, 0.2) is 6.61 Å². The predicted octanol–water partition coefficient (Wildman–Crippen LogP) is 2.57. The number of para-hydroxylation sites is 1. The van der Waals surface area contributed by atoms with Crippen LogP contribution in [0.5, 0.6) is 11.5 Å². The van der Waals surface area contributed by atoms with E-state index in [9.17, 15) is 9.59 Å². The molecule has 27 heavy (non-hydrogen) atoms. The lowest BCUT2D eigenvalue weighted by Gasteiger charge is -2.08. The lowest BCUT2D eigenvalue weighted by molar-refractivity contribution is -0.128. The number of methoxy groups -OCH3 is 1. The van der Waals surface area contributed by atoms with Crippen molar-refractivity contribution in [2.75, 3.05) is 13.7 Å². The van der Waals surface area contributed by atoms with E-state index >= 15 is 0 Å². The zero-order valence-corrected chi connectivity index (χ0v) is 15.9. The molecule has 0 fully saturated rings. The molecule has 0 atom stereocenters. The SMILES string of the molecule is COc1ccc(Br)cc1/C=C/C(=O)NNC(=O)COc1ccccc1C#N. The van der Waals surface area contributed by atoms with E-state index < -0.39 is 11.8 Å². The van der Waals surface area contributed by atoms with E-state index in [2.05, 4.69) is 26.8 Å². The maximum absolute atomic E-state index is 11.8. The summed E-state index contributed by atoms with van der Waals surface area (Å²) >= 11 is 3.35. The number of carbonyl (C=O) groups excluding carboxylic acids is 2. The third kappa shape index (κ3) is 6.17. The van der Waals surface area contributed by atoms with Gasteiger partial charge in [0.2, 0.25) is 0 Å². The van der Waals surface area contributed by atoms with Gasteiger partial charge in [-0.25, -0.2) is 0 Å². The van der Waals surface area contributed by atoms with Crippen molar-refractivity contribution in [2.24, 2.45) is 0 Å². The smallest absolute Gasteiger partial charge is 0.276 e. The zero-order chi connectivity index (χ0) is 19.6. The van der Waals surface area contributed by atoms with Crippen LogP contribution in [-0.4, -0.2) is 25.5 Å². The third-order valence-corrected chi connectivity index (χ3v) is 3.79. The van der Waals surface area contributed by atoms with Gasteiger partial charge in [-0.3, -0.25) is 20.4 Å². The van der Waals surface area contributed by atoms with Crippen LogP contribution < -0.4 is 20.3 Å². The van der Waals surface area contributed by atoms with Gasteiger partial charge in [0, 0.05) is 16.1 Å². The largest absolute Gasteiger partial charge is 0.496 e. The van der Waals surface area contributed by atoms with Crippen molar-refractivity contribution in [2.45, 2.75) is 0 Å². The Labute approximate surface area is 164 Å². The minimum absolute atomic E-state index is 0.295. The minimum Gasteiger partial charge on any atom is -0.496 e. The van der Waals surface area contributed by atoms with Gasteiger partial charge < -0.3 is 9.47 Å². The topological polar surface area (TPSA) is 100 Å². The highest BCUT2D eigenvalue weighted by atomic mass is 79.9. The number of carbonyl (C=O) groups is 2. The fraction of sp³-hybridized carbons (Fsp3) is 0.105. The molecule has 2 rings (SSSR count). The van der Waals surface area contributed by atoms with Crippen LogP contribution in [0.25, 0.3) is 6.08 Å². The molecule has 0 radical (unpaired) electrons. The molecule has 0 saturated carbocycles. The summed E-state index contributed by atoms with van der Waals surface area (Å²) in [7, 11) is 1.53. The van der Waals surface area contributed by atoms with E-state index in [1.807, 2.05) is 12.1 Å². The molecule has 2 aromatic carbocycles. The van der Waals surface area contributed by atoms with E-state index in [1.165, 1.54) is 13.2 Å². The Hall–Kier alpha value is -3.31. The number of hydrogen-bond donors (Lipinski definition) is 2. The maximum atomic E-state index is 11.8. The standard InChI is InChI=1S/C19H16BrN3O4/c1-26-16-8-7-15(20)10-13(16)6-9-18(24)22-23-19(25)12-27-17-5-3-2-4-14(17)11-21/h2-10H,12H2,1H3,(H,22,24)(H,23,25)/b9-6+. The first-order valence-electron chi connectivity index (χ1n) is 7.76. The average Bonchev–Trinajstić information content (AvgIpc) is 2.69. The molecule has 7 nitrogen and oxygen atoms in total. The molecule has 0 heterocycles. The van der Waals surface area contributed by atoms with Crippen LogP contribution in [0.2, 0.25) is 0 Å². The van der Waals surface area contributed by atoms with Crippen LogP contribution in [0.3, 0.4) is 0 Å². The maximum Gasteiger partial charge on any atom is 0.276 e. The Bertz CT molecular complexity index is 906. The number of nitrogens with zero attached hydrogens (tertiary/aromatic N) is 1. The van der Waals surface area contributed by atoms with E-state index in [0.29, 0.717) is 22.6 Å². The van der Waals surface area contributed by atoms with E-state index in [4.69, 9.17) is 14.7 Å². The predicted molar refractivity (Wildman–Crippen MR) is 103 cm³/mol. The van der Waals surface area contributed by atoms with Crippen molar-refractivity contribution in [1.29, 1.82) is 5.26 Å². The van der Waals surface area contributed by atoms with Crippen molar-refractivity contribution >= 4 is 33.8 Å². The minimum atomic E-state index is -0.565. The molecule has 2 amide bonds. The fourth-order valence-corrected chi connectivity index (χ4v) is 2.42. The summed E-state index contributed by atoms with van der Waals surface area (Å²) < 4.78 is 11.3. The molecule has 2 N–H and O–H groups in total. The molecule has 0 unspecified atom stereocenters. The molecule has 2 aromatic rings. The first-order valence-corrected chi connectivity index (χ1v) is 8.55. The van der Waals surface area contributed by atoms with Crippen LogP contribution in [0, 0.1) is 11.3 Å². The highest BCUT2D eigenvalue weighted by molar-refractivity contribution is 9.10. The molecule has 0 spiro atoms. The van der Waals surface area contributed by atoms with Crippen molar-refractivity contribution in [3.05, 3.63) is 64.1 Å². The summed E-state index contributed by atoms with van der Waals surface area (Å²) in [4.78, 5) is 23.6. The van der Waals surface area contributed by atoms with Crippen LogP contribution in [0.1, 0.15) is 11.1 Å². The number of benzene rings is 2. The second kappa shape index (κ2) is 9.99. The number of nitrogens with one attached hydrogen (secondary N) is 2. The molecule has 0 saturated heterocycles. The Morgan fingerprint density at radius 3 is 2.70 bits per heavy atom.